The van der Waals surface area contributed by atoms with E-state index in [-0.39, 0.29) is 0 Å². The normalized spacial score (nSPS) is 16.5. The molecule has 1 unspecified atom stereocenters. The number of rotatable bonds is 6. The second kappa shape index (κ2) is 10.7. The van der Waals surface area contributed by atoms with Crippen LogP contribution in [0.1, 0.15) is 24.8 Å². The van der Waals surface area contributed by atoms with Crippen LogP contribution < -0.4 is 11.1 Å². The fraction of sp³-hybridized carbons (Fsp3) is 0.258. The number of likely N-dealkylation sites (N-methyl/N-ethyl adjacent to an activating group) is 1. The van der Waals surface area contributed by atoms with Gasteiger partial charge in [-0.05, 0) is 68.4 Å². The molecule has 4 heterocycles. The SMILES string of the molecule is CNC1CCCCN(Cc2ccc(-n3c(-c4cccnc4N)nc4ccc(-c5ccccc5)nc43)cc2)C1. The molecule has 0 saturated carbocycles. The first-order valence-corrected chi connectivity index (χ1v) is 13.3. The van der Waals surface area contributed by atoms with Gasteiger partial charge in [-0.2, -0.15) is 0 Å². The van der Waals surface area contributed by atoms with Crippen molar-refractivity contribution in [1.29, 1.82) is 0 Å². The number of pyridine rings is 2. The Morgan fingerprint density at radius 1 is 0.921 bits per heavy atom. The molecule has 1 aliphatic rings. The third-order valence-corrected chi connectivity index (χ3v) is 7.42. The number of nitrogen functional groups attached to an aromatic ring is 1. The van der Waals surface area contributed by atoms with Gasteiger partial charge in [-0.3, -0.25) is 9.47 Å². The first-order valence-electron chi connectivity index (χ1n) is 13.3. The second-order valence-corrected chi connectivity index (χ2v) is 10.00. The van der Waals surface area contributed by atoms with Gasteiger partial charge in [0.25, 0.3) is 0 Å². The molecule has 1 atom stereocenters. The number of likely N-dealkylation sites (tertiary alicyclic amines) is 1. The Bertz CT molecular complexity index is 1530. The number of fused-ring (bicyclic) bond motifs is 1. The summed E-state index contributed by atoms with van der Waals surface area (Å²) >= 11 is 0. The van der Waals surface area contributed by atoms with Gasteiger partial charge in [0.2, 0.25) is 0 Å². The van der Waals surface area contributed by atoms with Gasteiger partial charge in [0.15, 0.2) is 11.5 Å². The summed E-state index contributed by atoms with van der Waals surface area (Å²) in [6, 6.07) is 27.5. The number of benzene rings is 2. The maximum Gasteiger partial charge on any atom is 0.165 e. The maximum atomic E-state index is 6.31. The molecule has 7 heteroatoms. The highest BCUT2D eigenvalue weighted by atomic mass is 15.2. The zero-order chi connectivity index (χ0) is 25.9. The van der Waals surface area contributed by atoms with Crippen molar-refractivity contribution in [2.45, 2.75) is 31.8 Å². The predicted molar refractivity (Wildman–Crippen MR) is 154 cm³/mol. The number of hydrogen-bond acceptors (Lipinski definition) is 6. The number of aromatic nitrogens is 4. The first-order chi connectivity index (χ1) is 18.7. The lowest BCUT2D eigenvalue weighted by molar-refractivity contribution is 0.255. The van der Waals surface area contributed by atoms with Gasteiger partial charge in [-0.1, -0.05) is 48.9 Å². The van der Waals surface area contributed by atoms with Crippen LogP contribution in [0, 0.1) is 0 Å². The number of nitrogens with two attached hydrogens (primary N) is 1. The van der Waals surface area contributed by atoms with Crippen molar-refractivity contribution in [2.24, 2.45) is 0 Å². The van der Waals surface area contributed by atoms with Gasteiger partial charge in [-0.15, -0.1) is 0 Å². The average molecular weight is 504 g/mol. The lowest BCUT2D eigenvalue weighted by Crippen LogP contribution is -2.37. The zero-order valence-electron chi connectivity index (χ0n) is 21.7. The van der Waals surface area contributed by atoms with Crippen LogP contribution in [0.25, 0.3) is 39.5 Å². The summed E-state index contributed by atoms with van der Waals surface area (Å²) in [4.78, 5) is 16.9. The topological polar surface area (TPSA) is 84.9 Å². The summed E-state index contributed by atoms with van der Waals surface area (Å²) in [5.74, 6) is 1.18. The molecule has 1 aliphatic heterocycles. The standard InChI is InChI=1S/C31H33N7/c1-33-24-10-5-6-19-37(21-24)20-22-12-14-25(15-13-22)38-30(26-11-7-18-34-29(26)32)36-28-17-16-27(35-31(28)38)23-8-3-2-4-9-23/h2-4,7-9,11-18,24,33H,5-6,10,19-21H2,1H3,(H2,32,34). The summed E-state index contributed by atoms with van der Waals surface area (Å²) in [5, 5.41) is 3.47. The molecule has 1 fully saturated rings. The van der Waals surface area contributed by atoms with Crippen LogP contribution in [0.2, 0.25) is 0 Å². The van der Waals surface area contributed by atoms with Crippen LogP contribution in [0.4, 0.5) is 5.82 Å². The number of anilines is 1. The lowest BCUT2D eigenvalue weighted by Gasteiger charge is -2.24. The summed E-state index contributed by atoms with van der Waals surface area (Å²) in [6.45, 7) is 3.17. The molecule has 0 amide bonds. The Labute approximate surface area is 223 Å². The molecule has 3 aromatic heterocycles. The maximum absolute atomic E-state index is 6.31. The van der Waals surface area contributed by atoms with E-state index in [4.69, 9.17) is 15.7 Å². The molecule has 5 aromatic rings. The quantitative estimate of drug-likeness (QED) is 0.327. The van der Waals surface area contributed by atoms with Gasteiger partial charge in [0.05, 0.1) is 11.3 Å². The highest BCUT2D eigenvalue weighted by Crippen LogP contribution is 2.32. The van der Waals surface area contributed by atoms with E-state index in [1.807, 2.05) is 42.5 Å². The fourth-order valence-corrected chi connectivity index (χ4v) is 5.37. The molecular weight excluding hydrogens is 470 g/mol. The highest BCUT2D eigenvalue weighted by molar-refractivity contribution is 5.84. The van der Waals surface area contributed by atoms with Crippen molar-refractivity contribution in [1.82, 2.24) is 29.7 Å². The third-order valence-electron chi connectivity index (χ3n) is 7.42. The molecule has 6 rings (SSSR count). The molecule has 7 nitrogen and oxygen atoms in total. The predicted octanol–water partition coefficient (Wildman–Crippen LogP) is 5.31. The molecular formula is C31H33N7. The third kappa shape index (κ3) is 4.90. The van der Waals surface area contributed by atoms with E-state index in [9.17, 15) is 0 Å². The summed E-state index contributed by atoms with van der Waals surface area (Å²) < 4.78 is 2.10. The molecule has 192 valence electrons. The van der Waals surface area contributed by atoms with Crippen molar-refractivity contribution < 1.29 is 0 Å². The van der Waals surface area contributed by atoms with Crippen molar-refractivity contribution >= 4 is 17.0 Å². The minimum absolute atomic E-state index is 0.448. The lowest BCUT2D eigenvalue weighted by atomic mass is 10.1. The number of nitrogens with zero attached hydrogens (tertiary/aromatic N) is 5. The van der Waals surface area contributed by atoms with Crippen LogP contribution >= 0.6 is 0 Å². The molecule has 0 bridgehead atoms. The van der Waals surface area contributed by atoms with E-state index < -0.39 is 0 Å². The van der Waals surface area contributed by atoms with E-state index in [0.29, 0.717) is 11.9 Å². The molecule has 0 aliphatic carbocycles. The fourth-order valence-electron chi connectivity index (χ4n) is 5.37. The minimum Gasteiger partial charge on any atom is -0.383 e. The average Bonchev–Trinajstić information content (AvgIpc) is 3.18. The molecule has 2 aromatic carbocycles. The van der Waals surface area contributed by atoms with Gasteiger partial charge < -0.3 is 11.1 Å². The van der Waals surface area contributed by atoms with E-state index in [0.717, 1.165) is 59.1 Å². The Morgan fingerprint density at radius 2 is 1.76 bits per heavy atom. The van der Waals surface area contributed by atoms with Crippen LogP contribution in [0.3, 0.4) is 0 Å². The van der Waals surface area contributed by atoms with E-state index in [1.165, 1.54) is 24.8 Å². The number of imidazole rings is 1. The molecule has 38 heavy (non-hydrogen) atoms. The molecule has 0 spiro atoms. The highest BCUT2D eigenvalue weighted by Gasteiger charge is 2.20. The van der Waals surface area contributed by atoms with Gasteiger partial charge in [0, 0.05) is 36.6 Å². The Morgan fingerprint density at radius 3 is 2.55 bits per heavy atom. The summed E-state index contributed by atoms with van der Waals surface area (Å²) in [6.07, 6.45) is 5.49. The second-order valence-electron chi connectivity index (χ2n) is 10.00. The number of hydrogen-bond donors (Lipinski definition) is 2. The van der Waals surface area contributed by atoms with E-state index >= 15 is 0 Å². The summed E-state index contributed by atoms with van der Waals surface area (Å²) in [5.41, 5.74) is 13.0. The minimum atomic E-state index is 0.448. The Balaban J connectivity index is 1.41. The number of nitrogens with one attached hydrogen (secondary N) is 1. The van der Waals surface area contributed by atoms with Crippen molar-refractivity contribution in [2.75, 3.05) is 25.9 Å². The van der Waals surface area contributed by atoms with Gasteiger partial charge >= 0.3 is 0 Å². The molecule has 1 saturated heterocycles. The Kier molecular flexibility index (Phi) is 6.86. The van der Waals surface area contributed by atoms with Crippen LogP contribution in [0.5, 0.6) is 0 Å². The largest absolute Gasteiger partial charge is 0.383 e. The summed E-state index contributed by atoms with van der Waals surface area (Å²) in [7, 11) is 2.07. The van der Waals surface area contributed by atoms with Crippen LogP contribution in [-0.2, 0) is 6.54 Å². The van der Waals surface area contributed by atoms with Crippen molar-refractivity contribution in [3.63, 3.8) is 0 Å². The van der Waals surface area contributed by atoms with Crippen LogP contribution in [0.15, 0.2) is 85.1 Å². The Hall–Kier alpha value is -4.07. The van der Waals surface area contributed by atoms with E-state index in [1.54, 1.807) is 6.20 Å². The van der Waals surface area contributed by atoms with Gasteiger partial charge in [0.1, 0.15) is 11.3 Å². The first kappa shape index (κ1) is 24.3. The van der Waals surface area contributed by atoms with Crippen LogP contribution in [-0.4, -0.2) is 50.6 Å². The molecule has 0 radical (unpaired) electrons. The smallest absolute Gasteiger partial charge is 0.165 e. The monoisotopic (exact) mass is 503 g/mol. The molecule has 3 N–H and O–H groups in total. The van der Waals surface area contributed by atoms with Crippen molar-refractivity contribution in [3.8, 4) is 28.3 Å². The van der Waals surface area contributed by atoms with E-state index in [2.05, 4.69) is 63.2 Å². The van der Waals surface area contributed by atoms with Crippen molar-refractivity contribution in [3.05, 3.63) is 90.6 Å². The zero-order valence-corrected chi connectivity index (χ0v) is 21.7. The van der Waals surface area contributed by atoms with Gasteiger partial charge in [-0.25, -0.2) is 15.0 Å².